The lowest BCUT2D eigenvalue weighted by atomic mass is 10.0. The minimum absolute atomic E-state index is 0.285. The summed E-state index contributed by atoms with van der Waals surface area (Å²) in [4.78, 5) is 35.4. The lowest BCUT2D eigenvalue weighted by Crippen LogP contribution is -2.43. The van der Waals surface area contributed by atoms with E-state index in [1.807, 2.05) is 19.2 Å². The molecule has 4 aromatic rings. The Bertz CT molecular complexity index is 1430. The van der Waals surface area contributed by atoms with E-state index in [0.29, 0.717) is 23.9 Å². The molecule has 0 spiro atoms. The van der Waals surface area contributed by atoms with Crippen LogP contribution in [-0.2, 0) is 13.0 Å². The number of fused-ring (bicyclic) bond motifs is 1. The Kier molecular flexibility index (Phi) is 8.41. The molecule has 4 heterocycles. The Morgan fingerprint density at radius 2 is 1.87 bits per heavy atom. The minimum Gasteiger partial charge on any atom is -0.393 e. The summed E-state index contributed by atoms with van der Waals surface area (Å²) in [6, 6.07) is 8.01. The van der Waals surface area contributed by atoms with Crippen LogP contribution in [0.25, 0.3) is 32.6 Å². The van der Waals surface area contributed by atoms with E-state index in [0.717, 1.165) is 65.3 Å². The number of aliphatic hydroxyl groups is 1. The largest absolute Gasteiger partial charge is 0.393 e. The van der Waals surface area contributed by atoms with Gasteiger partial charge in [0, 0.05) is 75.4 Å². The van der Waals surface area contributed by atoms with Gasteiger partial charge < -0.3 is 15.3 Å². The van der Waals surface area contributed by atoms with Crippen LogP contribution in [0.3, 0.4) is 0 Å². The molecule has 11 heteroatoms. The van der Waals surface area contributed by atoms with Crippen molar-refractivity contribution in [2.75, 3.05) is 45.1 Å². The summed E-state index contributed by atoms with van der Waals surface area (Å²) in [5.41, 5.74) is 5.51. The van der Waals surface area contributed by atoms with Gasteiger partial charge in [0.25, 0.3) is 0 Å². The zero-order chi connectivity index (χ0) is 27.4. The van der Waals surface area contributed by atoms with Gasteiger partial charge in [0.05, 0.1) is 22.0 Å². The third-order valence-corrected chi connectivity index (χ3v) is 7.69. The fraction of sp³-hybridized carbons (Fsp3) is 0.393. The van der Waals surface area contributed by atoms with Crippen LogP contribution < -0.4 is 10.6 Å². The molecule has 3 N–H and O–H groups in total. The molecule has 1 fully saturated rings. The topological polar surface area (TPSA) is 119 Å². The van der Waals surface area contributed by atoms with Crippen molar-refractivity contribution in [1.29, 1.82) is 0 Å². The number of anilines is 1. The van der Waals surface area contributed by atoms with E-state index >= 15 is 0 Å². The van der Waals surface area contributed by atoms with Crippen molar-refractivity contribution in [2.45, 2.75) is 32.9 Å². The highest BCUT2D eigenvalue weighted by Crippen LogP contribution is 2.38. The molecule has 1 aliphatic rings. The first-order valence-electron chi connectivity index (χ1n) is 13.2. The van der Waals surface area contributed by atoms with Gasteiger partial charge in [-0.15, -0.1) is 0 Å². The SMILES string of the molecule is CCNC(=O)Nc1nc2cc(-c3cnc(CC(C)O)nc3)cc(-c3cc(CN4CCN(C)CC4)ccn3)c2s1. The zero-order valence-electron chi connectivity index (χ0n) is 22.5. The second-order valence-electron chi connectivity index (χ2n) is 9.95. The van der Waals surface area contributed by atoms with Gasteiger partial charge in [0.2, 0.25) is 0 Å². The average molecular weight is 547 g/mol. The molecular formula is C28H34N8O2S. The number of hydrogen-bond donors (Lipinski definition) is 3. The molecule has 1 unspecified atom stereocenters. The fourth-order valence-electron chi connectivity index (χ4n) is 4.60. The number of amides is 2. The van der Waals surface area contributed by atoms with E-state index in [4.69, 9.17) is 9.97 Å². The molecule has 2 amide bonds. The fourth-order valence-corrected chi connectivity index (χ4v) is 5.57. The minimum atomic E-state index is -0.506. The molecule has 39 heavy (non-hydrogen) atoms. The van der Waals surface area contributed by atoms with Crippen LogP contribution in [0, 0.1) is 0 Å². The Morgan fingerprint density at radius 1 is 1.10 bits per heavy atom. The molecule has 10 nitrogen and oxygen atoms in total. The number of pyridine rings is 1. The van der Waals surface area contributed by atoms with Crippen LogP contribution in [0.1, 0.15) is 25.2 Å². The monoisotopic (exact) mass is 546 g/mol. The van der Waals surface area contributed by atoms with Crippen molar-refractivity contribution in [2.24, 2.45) is 0 Å². The smallest absolute Gasteiger partial charge is 0.321 e. The van der Waals surface area contributed by atoms with Crippen LogP contribution in [0.5, 0.6) is 0 Å². The molecule has 0 aliphatic carbocycles. The van der Waals surface area contributed by atoms with Crippen LogP contribution >= 0.6 is 11.3 Å². The van der Waals surface area contributed by atoms with Gasteiger partial charge in [-0.2, -0.15) is 0 Å². The number of aliphatic hydroxyl groups excluding tert-OH is 1. The van der Waals surface area contributed by atoms with Crippen LogP contribution in [0.4, 0.5) is 9.93 Å². The van der Waals surface area contributed by atoms with Crippen LogP contribution in [-0.4, -0.2) is 86.7 Å². The molecule has 204 valence electrons. The van der Waals surface area contributed by atoms with E-state index in [2.05, 4.69) is 55.6 Å². The molecule has 1 aromatic carbocycles. The molecule has 0 radical (unpaired) electrons. The number of carbonyl (C=O) groups is 1. The number of benzene rings is 1. The summed E-state index contributed by atoms with van der Waals surface area (Å²) in [6.07, 6.45) is 5.30. The van der Waals surface area contributed by atoms with Gasteiger partial charge in [-0.3, -0.25) is 15.2 Å². The van der Waals surface area contributed by atoms with E-state index in [1.165, 1.54) is 16.9 Å². The molecule has 1 saturated heterocycles. The Morgan fingerprint density at radius 3 is 2.59 bits per heavy atom. The van der Waals surface area contributed by atoms with Crippen molar-refractivity contribution in [3.05, 3.63) is 54.2 Å². The van der Waals surface area contributed by atoms with Crippen LogP contribution in [0.15, 0.2) is 42.9 Å². The lowest BCUT2D eigenvalue weighted by Gasteiger charge is -2.32. The van der Waals surface area contributed by atoms with E-state index in [9.17, 15) is 9.90 Å². The van der Waals surface area contributed by atoms with Crippen LogP contribution in [0.2, 0.25) is 0 Å². The predicted molar refractivity (Wildman–Crippen MR) is 155 cm³/mol. The first kappa shape index (κ1) is 27.1. The Balaban J connectivity index is 1.52. The van der Waals surface area contributed by atoms with Crippen molar-refractivity contribution in [3.63, 3.8) is 0 Å². The maximum atomic E-state index is 12.2. The number of rotatable bonds is 8. The van der Waals surface area contributed by atoms with Gasteiger partial charge in [0.1, 0.15) is 5.82 Å². The molecule has 1 aliphatic heterocycles. The average Bonchev–Trinajstić information content (AvgIpc) is 3.32. The van der Waals surface area contributed by atoms with Crippen molar-refractivity contribution in [1.82, 2.24) is 35.1 Å². The van der Waals surface area contributed by atoms with Gasteiger partial charge in [-0.1, -0.05) is 11.3 Å². The van der Waals surface area contributed by atoms with Gasteiger partial charge >= 0.3 is 6.03 Å². The normalized spacial score (nSPS) is 15.4. The number of nitrogens with zero attached hydrogens (tertiary/aromatic N) is 6. The number of nitrogens with one attached hydrogen (secondary N) is 2. The molecule has 0 saturated carbocycles. The third-order valence-electron chi connectivity index (χ3n) is 6.67. The number of hydrogen-bond acceptors (Lipinski definition) is 9. The first-order chi connectivity index (χ1) is 18.9. The number of urea groups is 1. The maximum Gasteiger partial charge on any atom is 0.321 e. The number of piperazine rings is 1. The molecular weight excluding hydrogens is 512 g/mol. The summed E-state index contributed by atoms with van der Waals surface area (Å²) in [6.45, 7) is 9.22. The highest BCUT2D eigenvalue weighted by molar-refractivity contribution is 7.22. The molecule has 0 bridgehead atoms. The van der Waals surface area contributed by atoms with Crippen molar-refractivity contribution < 1.29 is 9.90 Å². The Labute approximate surface area is 232 Å². The second-order valence-corrected chi connectivity index (χ2v) is 10.9. The Hall–Kier alpha value is -3.51. The predicted octanol–water partition coefficient (Wildman–Crippen LogP) is 3.63. The van der Waals surface area contributed by atoms with Gasteiger partial charge in [0.15, 0.2) is 5.13 Å². The summed E-state index contributed by atoms with van der Waals surface area (Å²) in [7, 11) is 2.16. The summed E-state index contributed by atoms with van der Waals surface area (Å²) >= 11 is 1.43. The standard InChI is InChI=1S/C28H34N8O2S/c1-4-29-27(38)34-28-33-24-14-20(21-15-31-25(32-16-21)11-18(2)37)13-22(26(24)39-28)23-12-19(5-6-30-23)17-36-9-7-35(3)8-10-36/h5-6,12-16,18,37H,4,7-11,17H2,1-3H3,(H2,29,33,34,38). The van der Waals surface area contributed by atoms with Gasteiger partial charge in [-0.05, 0) is 56.3 Å². The third kappa shape index (κ3) is 6.74. The highest BCUT2D eigenvalue weighted by atomic mass is 32.1. The molecule has 1 atom stereocenters. The van der Waals surface area contributed by atoms with E-state index in [1.54, 1.807) is 19.3 Å². The molecule has 5 rings (SSSR count). The highest BCUT2D eigenvalue weighted by Gasteiger charge is 2.18. The summed E-state index contributed by atoms with van der Waals surface area (Å²) < 4.78 is 0.946. The zero-order valence-corrected chi connectivity index (χ0v) is 23.3. The number of thiazole rings is 1. The lowest BCUT2D eigenvalue weighted by molar-refractivity contribution is 0.148. The number of likely N-dealkylation sites (N-methyl/N-ethyl adjacent to an activating group) is 1. The summed E-state index contributed by atoms with van der Waals surface area (Å²) in [5.74, 6) is 0.593. The van der Waals surface area contributed by atoms with E-state index < -0.39 is 6.10 Å². The summed E-state index contributed by atoms with van der Waals surface area (Å²) in [5, 5.41) is 15.8. The number of aromatic nitrogens is 4. The second kappa shape index (κ2) is 12.1. The van der Waals surface area contributed by atoms with Gasteiger partial charge in [-0.25, -0.2) is 19.7 Å². The van der Waals surface area contributed by atoms with Crippen molar-refractivity contribution in [3.8, 4) is 22.4 Å². The van der Waals surface area contributed by atoms with Crippen molar-refractivity contribution >= 4 is 32.7 Å². The molecule has 3 aromatic heterocycles. The maximum absolute atomic E-state index is 12.2. The number of carbonyl (C=O) groups excluding carboxylic acids is 1. The van der Waals surface area contributed by atoms with E-state index in [-0.39, 0.29) is 6.03 Å². The quantitative estimate of drug-likeness (QED) is 0.307. The first-order valence-corrected chi connectivity index (χ1v) is 14.0.